The van der Waals surface area contributed by atoms with Crippen LogP contribution in [0, 0.1) is 16.2 Å². The summed E-state index contributed by atoms with van der Waals surface area (Å²) in [6.07, 6.45) is -0.599. The van der Waals surface area contributed by atoms with E-state index in [0.717, 1.165) is 0 Å². The van der Waals surface area contributed by atoms with E-state index in [2.05, 4.69) is 27.7 Å². The molecular weight excluding hydrogens is 296 g/mol. The minimum Gasteiger partial charge on any atom is -0.351 e. The first-order valence-corrected chi connectivity index (χ1v) is 8.49. The molecular formula is C17H34N2O4. The second kappa shape index (κ2) is 6.58. The van der Waals surface area contributed by atoms with Gasteiger partial charge in [0.2, 0.25) is 0 Å². The average Bonchev–Trinajstić information content (AvgIpc) is 2.48. The second-order valence-electron chi connectivity index (χ2n) is 8.63. The molecule has 2 fully saturated rings. The molecule has 136 valence electrons. The van der Waals surface area contributed by atoms with Gasteiger partial charge in [0.25, 0.3) is 0 Å². The molecule has 2 atom stereocenters. The summed E-state index contributed by atoms with van der Waals surface area (Å²) >= 11 is 0. The lowest BCUT2D eigenvalue weighted by atomic mass is 9.82. The summed E-state index contributed by atoms with van der Waals surface area (Å²) in [6.45, 7) is 14.4. The van der Waals surface area contributed by atoms with Gasteiger partial charge in [-0.25, -0.2) is 0 Å². The molecule has 0 bridgehead atoms. The lowest BCUT2D eigenvalue weighted by Gasteiger charge is -2.50. The summed E-state index contributed by atoms with van der Waals surface area (Å²) in [5, 5.41) is 0. The van der Waals surface area contributed by atoms with Crippen molar-refractivity contribution in [2.45, 2.75) is 66.2 Å². The van der Waals surface area contributed by atoms with Gasteiger partial charge in [-0.15, -0.1) is 0 Å². The summed E-state index contributed by atoms with van der Waals surface area (Å²) < 4.78 is 23.9. The van der Waals surface area contributed by atoms with Crippen molar-refractivity contribution in [3.8, 4) is 0 Å². The van der Waals surface area contributed by atoms with Gasteiger partial charge in [0.05, 0.1) is 31.8 Å². The number of ether oxygens (including phenoxy) is 4. The third-order valence-electron chi connectivity index (χ3n) is 5.73. The Morgan fingerprint density at radius 3 is 1.22 bits per heavy atom. The fourth-order valence-corrected chi connectivity index (χ4v) is 2.64. The van der Waals surface area contributed by atoms with Crippen LogP contribution >= 0.6 is 0 Å². The highest BCUT2D eigenvalue weighted by molar-refractivity contribution is 4.91. The standard InChI is InChI=1S/C17H34N2O4/c1-11(18)15(3,4)13-20-7-17(8-21-13)9-22-14(23-10-17)16(5,6)12(2)19/h11-14H,7-10,18-19H2,1-6H3. The van der Waals surface area contributed by atoms with Crippen molar-refractivity contribution >= 4 is 0 Å². The molecule has 0 saturated carbocycles. The van der Waals surface area contributed by atoms with Crippen LogP contribution in [-0.4, -0.2) is 51.1 Å². The molecule has 6 nitrogen and oxygen atoms in total. The molecule has 23 heavy (non-hydrogen) atoms. The first-order valence-electron chi connectivity index (χ1n) is 8.49. The third kappa shape index (κ3) is 3.72. The fourth-order valence-electron chi connectivity index (χ4n) is 2.64. The molecule has 2 unspecified atom stereocenters. The Bertz CT molecular complexity index is 352. The molecule has 2 rings (SSSR count). The maximum Gasteiger partial charge on any atom is 0.164 e. The van der Waals surface area contributed by atoms with Crippen LogP contribution in [0.1, 0.15) is 41.5 Å². The van der Waals surface area contributed by atoms with E-state index in [0.29, 0.717) is 26.4 Å². The molecule has 0 radical (unpaired) electrons. The largest absolute Gasteiger partial charge is 0.351 e. The first kappa shape index (κ1) is 19.1. The van der Waals surface area contributed by atoms with Gasteiger partial charge in [0.1, 0.15) is 0 Å². The van der Waals surface area contributed by atoms with Gasteiger partial charge < -0.3 is 30.4 Å². The summed E-state index contributed by atoms with van der Waals surface area (Å²) in [5.41, 5.74) is 11.4. The van der Waals surface area contributed by atoms with Crippen molar-refractivity contribution in [3.63, 3.8) is 0 Å². The molecule has 2 aliphatic heterocycles. The molecule has 1 spiro atoms. The van der Waals surface area contributed by atoms with Crippen LogP contribution in [0.2, 0.25) is 0 Å². The van der Waals surface area contributed by atoms with E-state index < -0.39 is 0 Å². The maximum absolute atomic E-state index is 6.04. The fraction of sp³-hybridized carbons (Fsp3) is 1.00. The highest BCUT2D eigenvalue weighted by Crippen LogP contribution is 2.39. The van der Waals surface area contributed by atoms with Gasteiger partial charge in [-0.1, -0.05) is 27.7 Å². The van der Waals surface area contributed by atoms with Crippen molar-refractivity contribution < 1.29 is 18.9 Å². The smallest absolute Gasteiger partial charge is 0.164 e. The quantitative estimate of drug-likeness (QED) is 0.811. The van der Waals surface area contributed by atoms with Crippen LogP contribution in [0.4, 0.5) is 0 Å². The SMILES string of the molecule is CC(N)C(C)(C)C1OCC2(CO1)COC(C(C)(C)C(C)N)OC2. The summed E-state index contributed by atoms with van der Waals surface area (Å²) in [4.78, 5) is 0. The van der Waals surface area contributed by atoms with Crippen molar-refractivity contribution in [3.05, 3.63) is 0 Å². The zero-order valence-corrected chi connectivity index (χ0v) is 15.4. The molecule has 2 aliphatic rings. The first-order chi connectivity index (χ1) is 10.5. The minimum absolute atomic E-state index is 0.0170. The normalized spacial score (nSPS) is 36.0. The van der Waals surface area contributed by atoms with Crippen molar-refractivity contribution in [1.29, 1.82) is 0 Å². The molecule has 0 amide bonds. The van der Waals surface area contributed by atoms with Gasteiger partial charge in [0, 0.05) is 22.9 Å². The second-order valence-corrected chi connectivity index (χ2v) is 8.63. The Morgan fingerprint density at radius 2 is 1.00 bits per heavy atom. The number of hydrogen-bond acceptors (Lipinski definition) is 6. The highest BCUT2D eigenvalue weighted by Gasteiger charge is 2.48. The van der Waals surface area contributed by atoms with Gasteiger partial charge in [-0.3, -0.25) is 0 Å². The van der Waals surface area contributed by atoms with Crippen LogP contribution in [0.5, 0.6) is 0 Å². The zero-order chi connectivity index (χ0) is 17.5. The molecule has 0 aromatic rings. The average molecular weight is 330 g/mol. The van der Waals surface area contributed by atoms with E-state index >= 15 is 0 Å². The lowest BCUT2D eigenvalue weighted by molar-refractivity contribution is -0.335. The van der Waals surface area contributed by atoms with Gasteiger partial charge in [-0.05, 0) is 13.8 Å². The van der Waals surface area contributed by atoms with E-state index in [1.54, 1.807) is 0 Å². The summed E-state index contributed by atoms with van der Waals surface area (Å²) in [6, 6.07) is -0.0340. The van der Waals surface area contributed by atoms with Gasteiger partial charge in [-0.2, -0.15) is 0 Å². The molecule has 2 saturated heterocycles. The Morgan fingerprint density at radius 1 is 0.739 bits per heavy atom. The summed E-state index contributed by atoms with van der Waals surface area (Å²) in [7, 11) is 0. The molecule has 2 heterocycles. The van der Waals surface area contributed by atoms with Gasteiger partial charge in [0.15, 0.2) is 12.6 Å². The molecule has 0 aromatic heterocycles. The van der Waals surface area contributed by atoms with Crippen LogP contribution in [0.15, 0.2) is 0 Å². The Kier molecular flexibility index (Phi) is 5.46. The van der Waals surface area contributed by atoms with Crippen LogP contribution in [0.3, 0.4) is 0 Å². The minimum atomic E-state index is -0.300. The molecule has 6 heteroatoms. The number of rotatable bonds is 4. The lowest BCUT2D eigenvalue weighted by Crippen LogP contribution is -2.59. The van der Waals surface area contributed by atoms with Crippen LogP contribution in [0.25, 0.3) is 0 Å². The van der Waals surface area contributed by atoms with Crippen molar-refractivity contribution in [2.75, 3.05) is 26.4 Å². The van der Waals surface area contributed by atoms with Gasteiger partial charge >= 0.3 is 0 Å². The van der Waals surface area contributed by atoms with Crippen molar-refractivity contribution in [2.24, 2.45) is 27.7 Å². The monoisotopic (exact) mass is 330 g/mol. The van der Waals surface area contributed by atoms with E-state index in [4.69, 9.17) is 30.4 Å². The van der Waals surface area contributed by atoms with Crippen LogP contribution in [-0.2, 0) is 18.9 Å². The van der Waals surface area contributed by atoms with E-state index in [1.807, 2.05) is 13.8 Å². The Labute approximate surface area is 140 Å². The zero-order valence-electron chi connectivity index (χ0n) is 15.4. The van der Waals surface area contributed by atoms with E-state index in [-0.39, 0.29) is 40.9 Å². The predicted molar refractivity (Wildman–Crippen MR) is 88.7 cm³/mol. The number of hydrogen-bond donors (Lipinski definition) is 2. The predicted octanol–water partition coefficient (Wildman–Crippen LogP) is 1.47. The Hall–Kier alpha value is -0.240. The highest BCUT2D eigenvalue weighted by atomic mass is 16.7. The number of nitrogens with two attached hydrogens (primary N) is 2. The molecule has 4 N–H and O–H groups in total. The molecule has 0 aliphatic carbocycles. The molecule has 0 aromatic carbocycles. The van der Waals surface area contributed by atoms with Crippen molar-refractivity contribution in [1.82, 2.24) is 0 Å². The van der Waals surface area contributed by atoms with E-state index in [9.17, 15) is 0 Å². The maximum atomic E-state index is 6.04. The summed E-state index contributed by atoms with van der Waals surface area (Å²) in [5.74, 6) is 0. The topological polar surface area (TPSA) is 89.0 Å². The third-order valence-corrected chi connectivity index (χ3v) is 5.73. The Balaban J connectivity index is 1.92. The van der Waals surface area contributed by atoms with Crippen LogP contribution < -0.4 is 11.5 Å². The van der Waals surface area contributed by atoms with E-state index in [1.165, 1.54) is 0 Å².